The summed E-state index contributed by atoms with van der Waals surface area (Å²) in [5.41, 5.74) is 1.61. The van der Waals surface area contributed by atoms with Gasteiger partial charge < -0.3 is 4.79 Å². The second kappa shape index (κ2) is 4.85. The second-order valence-corrected chi connectivity index (χ2v) is 6.00. The Balaban J connectivity index is 2.47. The van der Waals surface area contributed by atoms with Gasteiger partial charge in [-0.25, -0.2) is 4.90 Å². The van der Waals surface area contributed by atoms with Gasteiger partial charge >= 0.3 is 0 Å². The van der Waals surface area contributed by atoms with Gasteiger partial charge in [0.05, 0.1) is 11.6 Å². The summed E-state index contributed by atoms with van der Waals surface area (Å²) in [7, 11) is 0. The van der Waals surface area contributed by atoms with Crippen LogP contribution < -0.4 is 4.90 Å². The van der Waals surface area contributed by atoms with E-state index in [1.165, 1.54) is 4.90 Å². The van der Waals surface area contributed by atoms with Gasteiger partial charge in [0.25, 0.3) is 0 Å². The highest BCUT2D eigenvalue weighted by Gasteiger charge is 2.47. The Morgan fingerprint density at radius 3 is 2.25 bits per heavy atom. The zero-order valence-electron chi connectivity index (χ0n) is 12.3. The fourth-order valence-electron chi connectivity index (χ4n) is 2.69. The van der Waals surface area contributed by atoms with Gasteiger partial charge in [0.15, 0.2) is 0 Å². The Labute approximate surface area is 118 Å². The molecule has 0 aliphatic carbocycles. The third kappa shape index (κ3) is 2.15. The largest absolute Gasteiger partial charge is 0.303 e. The Morgan fingerprint density at radius 2 is 1.75 bits per heavy atom. The Morgan fingerprint density at radius 1 is 1.20 bits per heavy atom. The average Bonchev–Trinajstić information content (AvgIpc) is 2.67. The van der Waals surface area contributed by atoms with Crippen molar-refractivity contribution in [2.24, 2.45) is 11.3 Å². The zero-order chi connectivity index (χ0) is 15.1. The molecule has 1 aliphatic heterocycles. The average molecular weight is 273 g/mol. The summed E-state index contributed by atoms with van der Waals surface area (Å²) in [6.45, 7) is 7.15. The fourth-order valence-corrected chi connectivity index (χ4v) is 2.69. The molecule has 0 N–H and O–H groups in total. The van der Waals surface area contributed by atoms with Crippen molar-refractivity contribution < 1.29 is 14.4 Å². The summed E-state index contributed by atoms with van der Waals surface area (Å²) in [5.74, 6) is -1.08. The van der Waals surface area contributed by atoms with E-state index in [0.29, 0.717) is 5.69 Å². The summed E-state index contributed by atoms with van der Waals surface area (Å²) in [5, 5.41) is 0. The fraction of sp³-hybridized carbons (Fsp3) is 0.438. The molecule has 1 aromatic carbocycles. The SMILES string of the molecule is Cc1cccc(C)c1N1C(=O)C[C@H](C(C)(C)C=O)C1=O. The molecule has 4 heteroatoms. The number of carbonyl (C=O) groups excluding carboxylic acids is 3. The number of para-hydroxylation sites is 1. The second-order valence-electron chi connectivity index (χ2n) is 6.00. The Hall–Kier alpha value is -1.97. The van der Waals surface area contributed by atoms with E-state index < -0.39 is 11.3 Å². The quantitative estimate of drug-likeness (QED) is 0.627. The first kappa shape index (κ1) is 14.4. The smallest absolute Gasteiger partial charge is 0.238 e. The van der Waals surface area contributed by atoms with Crippen molar-refractivity contribution >= 4 is 23.8 Å². The van der Waals surface area contributed by atoms with Gasteiger partial charge in [-0.1, -0.05) is 32.0 Å². The van der Waals surface area contributed by atoms with Crippen molar-refractivity contribution in [1.82, 2.24) is 0 Å². The zero-order valence-corrected chi connectivity index (χ0v) is 12.3. The van der Waals surface area contributed by atoms with Crippen LogP contribution in [0.25, 0.3) is 0 Å². The van der Waals surface area contributed by atoms with Crippen LogP contribution in [0.1, 0.15) is 31.4 Å². The lowest BCUT2D eigenvalue weighted by atomic mass is 9.79. The number of hydrogen-bond acceptors (Lipinski definition) is 3. The van der Waals surface area contributed by atoms with Gasteiger partial charge in [-0.2, -0.15) is 0 Å². The summed E-state index contributed by atoms with van der Waals surface area (Å²) >= 11 is 0. The summed E-state index contributed by atoms with van der Waals surface area (Å²) < 4.78 is 0. The molecule has 1 heterocycles. The maximum atomic E-state index is 12.6. The molecule has 0 spiro atoms. The molecular formula is C16H19NO3. The van der Waals surface area contributed by atoms with Gasteiger partial charge in [-0.15, -0.1) is 0 Å². The molecule has 0 bridgehead atoms. The van der Waals surface area contributed by atoms with E-state index in [4.69, 9.17) is 0 Å². The van der Waals surface area contributed by atoms with Crippen LogP contribution in [-0.2, 0) is 14.4 Å². The molecule has 106 valence electrons. The number of aryl methyl sites for hydroxylation is 2. The highest BCUT2D eigenvalue weighted by atomic mass is 16.2. The third-order valence-electron chi connectivity index (χ3n) is 4.01. The predicted molar refractivity (Wildman–Crippen MR) is 76.4 cm³/mol. The molecule has 1 aromatic rings. The molecule has 1 fully saturated rings. The molecule has 1 atom stereocenters. The number of rotatable bonds is 3. The molecule has 0 radical (unpaired) electrons. The van der Waals surface area contributed by atoms with E-state index in [0.717, 1.165) is 17.4 Å². The monoisotopic (exact) mass is 273 g/mol. The molecule has 1 aliphatic rings. The molecule has 2 amide bonds. The van der Waals surface area contributed by atoms with E-state index in [-0.39, 0.29) is 18.2 Å². The van der Waals surface area contributed by atoms with Gasteiger partial charge in [0.2, 0.25) is 11.8 Å². The number of hydrogen-bond donors (Lipinski definition) is 0. The summed E-state index contributed by atoms with van der Waals surface area (Å²) in [6.07, 6.45) is 0.857. The van der Waals surface area contributed by atoms with Gasteiger partial charge in [0.1, 0.15) is 6.29 Å². The van der Waals surface area contributed by atoms with E-state index >= 15 is 0 Å². The Kier molecular flexibility index (Phi) is 3.50. The van der Waals surface area contributed by atoms with Crippen molar-refractivity contribution in [3.8, 4) is 0 Å². The third-order valence-corrected chi connectivity index (χ3v) is 4.01. The van der Waals surface area contributed by atoms with Crippen LogP contribution in [-0.4, -0.2) is 18.1 Å². The molecule has 20 heavy (non-hydrogen) atoms. The maximum Gasteiger partial charge on any atom is 0.238 e. The summed E-state index contributed by atoms with van der Waals surface area (Å²) in [4.78, 5) is 37.2. The van der Waals surface area contributed by atoms with Crippen LogP contribution in [0.15, 0.2) is 18.2 Å². The van der Waals surface area contributed by atoms with E-state index in [1.54, 1.807) is 13.8 Å². The van der Waals surface area contributed by atoms with E-state index in [2.05, 4.69) is 0 Å². The number of imide groups is 1. The highest BCUT2D eigenvalue weighted by molar-refractivity contribution is 6.22. The normalized spacial score (nSPS) is 19.6. The first-order valence-corrected chi connectivity index (χ1v) is 6.69. The van der Waals surface area contributed by atoms with Crippen molar-refractivity contribution in [1.29, 1.82) is 0 Å². The van der Waals surface area contributed by atoms with Crippen LogP contribution >= 0.6 is 0 Å². The van der Waals surface area contributed by atoms with Crippen molar-refractivity contribution in [2.75, 3.05) is 4.90 Å². The summed E-state index contributed by atoms with van der Waals surface area (Å²) in [6, 6.07) is 5.65. The number of aldehydes is 1. The van der Waals surface area contributed by atoms with Crippen molar-refractivity contribution in [2.45, 2.75) is 34.1 Å². The van der Waals surface area contributed by atoms with Crippen LogP contribution in [0.2, 0.25) is 0 Å². The number of amides is 2. The van der Waals surface area contributed by atoms with Crippen LogP contribution in [0.3, 0.4) is 0 Å². The molecule has 1 saturated heterocycles. The lowest BCUT2D eigenvalue weighted by Crippen LogP contribution is -2.36. The Bertz CT molecular complexity index is 569. The molecule has 0 saturated carbocycles. The first-order chi connectivity index (χ1) is 9.29. The standard InChI is InChI=1S/C16H19NO3/c1-10-6-5-7-11(2)14(10)17-13(19)8-12(15(17)20)16(3,4)9-18/h5-7,9,12H,8H2,1-4H3/t12-/m0/s1. The van der Waals surface area contributed by atoms with Gasteiger partial charge in [-0.3, -0.25) is 9.59 Å². The number of anilines is 1. The maximum absolute atomic E-state index is 12.6. The minimum absolute atomic E-state index is 0.0956. The first-order valence-electron chi connectivity index (χ1n) is 6.69. The molecule has 2 rings (SSSR count). The number of benzene rings is 1. The molecule has 0 unspecified atom stereocenters. The van der Waals surface area contributed by atoms with Crippen molar-refractivity contribution in [3.63, 3.8) is 0 Å². The number of carbonyl (C=O) groups is 3. The lowest BCUT2D eigenvalue weighted by molar-refractivity contribution is -0.129. The van der Waals surface area contributed by atoms with Gasteiger partial charge in [-0.05, 0) is 25.0 Å². The van der Waals surface area contributed by atoms with Crippen LogP contribution in [0.5, 0.6) is 0 Å². The molecular weight excluding hydrogens is 254 g/mol. The highest BCUT2D eigenvalue weighted by Crippen LogP contribution is 2.38. The lowest BCUT2D eigenvalue weighted by Gasteiger charge is -2.24. The minimum atomic E-state index is -0.821. The van der Waals surface area contributed by atoms with E-state index in [1.807, 2.05) is 32.0 Å². The van der Waals surface area contributed by atoms with Crippen LogP contribution in [0.4, 0.5) is 5.69 Å². The molecule has 0 aromatic heterocycles. The predicted octanol–water partition coefficient (Wildman–Crippen LogP) is 2.41. The van der Waals surface area contributed by atoms with Crippen LogP contribution in [0, 0.1) is 25.2 Å². The number of nitrogens with zero attached hydrogens (tertiary/aromatic N) is 1. The van der Waals surface area contributed by atoms with E-state index in [9.17, 15) is 14.4 Å². The van der Waals surface area contributed by atoms with Gasteiger partial charge in [0, 0.05) is 11.8 Å². The van der Waals surface area contributed by atoms with Crippen molar-refractivity contribution in [3.05, 3.63) is 29.3 Å². The topological polar surface area (TPSA) is 54.5 Å². The minimum Gasteiger partial charge on any atom is -0.303 e. The molecule has 4 nitrogen and oxygen atoms in total.